The molecule has 16 heavy (non-hydrogen) atoms. The molecule has 2 rings (SSSR count). The van der Waals surface area contributed by atoms with Gasteiger partial charge in [-0.3, -0.25) is 4.55 Å². The van der Waals surface area contributed by atoms with E-state index in [4.69, 9.17) is 4.55 Å². The number of rotatable bonds is 3. The van der Waals surface area contributed by atoms with Crippen LogP contribution in [0.25, 0.3) is 0 Å². The average Bonchev–Trinajstić information content (AvgIpc) is 2.43. The molecule has 0 radical (unpaired) electrons. The molecule has 9 heteroatoms. The van der Waals surface area contributed by atoms with Gasteiger partial charge in [-0.15, -0.1) is 4.28 Å². The number of hydroxylamine groups is 2. The first-order chi connectivity index (χ1) is 7.42. The second-order valence-corrected chi connectivity index (χ2v) is 4.81. The maximum atomic E-state index is 12.6. The van der Waals surface area contributed by atoms with Crippen molar-refractivity contribution in [1.29, 1.82) is 0 Å². The Hall–Kier alpha value is -0.930. The van der Waals surface area contributed by atoms with Gasteiger partial charge in [0.25, 0.3) is 0 Å². The zero-order chi connectivity index (χ0) is 11.9. The molecule has 1 N–H and O–H groups in total. The van der Waals surface area contributed by atoms with Crippen molar-refractivity contribution in [2.45, 2.75) is 24.9 Å². The van der Waals surface area contributed by atoms with Gasteiger partial charge in [-0.05, 0) is 12.8 Å². The molecule has 0 aliphatic carbocycles. The van der Waals surface area contributed by atoms with Crippen LogP contribution in [0.4, 0.5) is 9.18 Å². The fourth-order valence-corrected chi connectivity index (χ4v) is 2.46. The molecular weight excluding hydrogens is 243 g/mol. The molecule has 2 amide bonds. The standard InChI is InChI=1S/C7H11FN2O5S/c8-3-5-1-2-6-4-9(5)7(11)10(6)15-16(12,13)14/h5-6H,1-4H2,(H,12,13,14)/t5-,6+/m0/s1. The third-order valence-electron chi connectivity index (χ3n) is 2.80. The lowest BCUT2D eigenvalue weighted by atomic mass is 10.0. The topological polar surface area (TPSA) is 87.2 Å². The highest BCUT2D eigenvalue weighted by Crippen LogP contribution is 2.30. The van der Waals surface area contributed by atoms with Crippen molar-refractivity contribution in [2.75, 3.05) is 13.2 Å². The lowest BCUT2D eigenvalue weighted by Gasteiger charge is -2.27. The Balaban J connectivity index is 2.16. The van der Waals surface area contributed by atoms with E-state index in [-0.39, 0.29) is 6.54 Å². The molecule has 92 valence electrons. The van der Waals surface area contributed by atoms with Crippen molar-refractivity contribution >= 4 is 16.4 Å². The summed E-state index contributed by atoms with van der Waals surface area (Å²) in [4.78, 5) is 12.8. The summed E-state index contributed by atoms with van der Waals surface area (Å²) in [5, 5.41) is 0.602. The highest BCUT2D eigenvalue weighted by Gasteiger charge is 2.47. The van der Waals surface area contributed by atoms with Crippen LogP contribution in [0.1, 0.15) is 12.8 Å². The molecule has 2 fully saturated rings. The highest BCUT2D eigenvalue weighted by atomic mass is 32.3. The van der Waals surface area contributed by atoms with Gasteiger partial charge in [-0.2, -0.15) is 13.5 Å². The summed E-state index contributed by atoms with van der Waals surface area (Å²) in [6, 6.07) is -1.70. The van der Waals surface area contributed by atoms with Gasteiger partial charge in [-0.25, -0.2) is 9.18 Å². The molecule has 0 saturated carbocycles. The van der Waals surface area contributed by atoms with Crippen molar-refractivity contribution in [3.63, 3.8) is 0 Å². The van der Waals surface area contributed by atoms with E-state index in [0.29, 0.717) is 17.9 Å². The van der Waals surface area contributed by atoms with Gasteiger partial charge in [0.05, 0.1) is 12.1 Å². The number of urea groups is 1. The Morgan fingerprint density at radius 2 is 2.19 bits per heavy atom. The van der Waals surface area contributed by atoms with E-state index in [1.165, 1.54) is 4.90 Å². The van der Waals surface area contributed by atoms with Crippen molar-refractivity contribution < 1.29 is 26.4 Å². The smallest absolute Gasteiger partial charge is 0.315 e. The van der Waals surface area contributed by atoms with Crippen LogP contribution in [0.3, 0.4) is 0 Å². The molecule has 2 aliphatic rings. The third kappa shape index (κ3) is 1.97. The van der Waals surface area contributed by atoms with Crippen LogP contribution < -0.4 is 0 Å². The van der Waals surface area contributed by atoms with Crippen molar-refractivity contribution in [3.8, 4) is 0 Å². The molecule has 2 saturated heterocycles. The summed E-state index contributed by atoms with van der Waals surface area (Å²) in [7, 11) is -4.72. The van der Waals surface area contributed by atoms with Gasteiger partial charge in [0.1, 0.15) is 6.67 Å². The number of carbonyl (C=O) groups is 1. The Bertz CT molecular complexity index is 400. The van der Waals surface area contributed by atoms with Crippen LogP contribution in [-0.2, 0) is 14.7 Å². The quantitative estimate of drug-likeness (QED) is 0.714. The second-order valence-electron chi connectivity index (χ2n) is 3.80. The Morgan fingerprint density at radius 3 is 2.75 bits per heavy atom. The number of hydrogen-bond acceptors (Lipinski definition) is 4. The normalized spacial score (nSPS) is 30.0. The van der Waals surface area contributed by atoms with Crippen molar-refractivity contribution in [2.24, 2.45) is 0 Å². The highest BCUT2D eigenvalue weighted by molar-refractivity contribution is 7.80. The zero-order valence-electron chi connectivity index (χ0n) is 8.24. The Morgan fingerprint density at radius 1 is 1.50 bits per heavy atom. The number of halogens is 1. The third-order valence-corrected chi connectivity index (χ3v) is 3.15. The molecule has 0 aromatic rings. The number of carbonyl (C=O) groups excluding carboxylic acids is 1. The summed E-state index contributed by atoms with van der Waals surface area (Å²) >= 11 is 0. The first-order valence-corrected chi connectivity index (χ1v) is 6.11. The predicted octanol–water partition coefficient (Wildman–Crippen LogP) is -0.0411. The fourth-order valence-electron chi connectivity index (χ4n) is 2.07. The number of amides is 2. The maximum absolute atomic E-state index is 12.6. The van der Waals surface area contributed by atoms with E-state index >= 15 is 0 Å². The minimum atomic E-state index is -4.72. The summed E-state index contributed by atoms with van der Waals surface area (Å²) < 4.78 is 46.3. The molecule has 2 heterocycles. The Labute approximate surface area is 91.7 Å². The van der Waals surface area contributed by atoms with Gasteiger partial charge < -0.3 is 4.90 Å². The SMILES string of the molecule is O=C1N2C[C@@H](CC[C@H]2CF)N1OS(=O)(=O)O. The van der Waals surface area contributed by atoms with E-state index in [2.05, 4.69) is 4.28 Å². The van der Waals surface area contributed by atoms with E-state index in [0.717, 1.165) is 0 Å². The average molecular weight is 254 g/mol. The molecule has 2 aliphatic heterocycles. The van der Waals surface area contributed by atoms with E-state index in [1.54, 1.807) is 0 Å². The fraction of sp³-hybridized carbons (Fsp3) is 0.857. The molecule has 0 spiro atoms. The van der Waals surface area contributed by atoms with Gasteiger partial charge in [-0.1, -0.05) is 0 Å². The maximum Gasteiger partial charge on any atom is 0.418 e. The second kappa shape index (κ2) is 3.82. The molecule has 0 aromatic carbocycles. The summed E-state index contributed by atoms with van der Waals surface area (Å²) in [5.74, 6) is 0. The zero-order valence-corrected chi connectivity index (χ0v) is 9.06. The lowest BCUT2D eigenvalue weighted by molar-refractivity contribution is -0.0317. The molecule has 2 atom stereocenters. The first kappa shape index (κ1) is 11.6. The minimum Gasteiger partial charge on any atom is -0.315 e. The largest absolute Gasteiger partial charge is 0.418 e. The summed E-state index contributed by atoms with van der Waals surface area (Å²) in [6.07, 6.45) is 0.907. The van der Waals surface area contributed by atoms with Gasteiger partial charge >= 0.3 is 16.4 Å². The van der Waals surface area contributed by atoms with Crippen LogP contribution >= 0.6 is 0 Å². The molecule has 0 aromatic heterocycles. The van der Waals surface area contributed by atoms with Crippen LogP contribution in [0.15, 0.2) is 0 Å². The number of piperidine rings is 1. The number of alkyl halides is 1. The van der Waals surface area contributed by atoms with Gasteiger partial charge in [0, 0.05) is 6.54 Å². The molecule has 2 bridgehead atoms. The number of hydrogen-bond donors (Lipinski definition) is 1. The van der Waals surface area contributed by atoms with Crippen LogP contribution in [0.2, 0.25) is 0 Å². The molecule has 7 nitrogen and oxygen atoms in total. The predicted molar refractivity (Wildman–Crippen MR) is 49.4 cm³/mol. The van der Waals surface area contributed by atoms with Gasteiger partial charge in [0.2, 0.25) is 0 Å². The van der Waals surface area contributed by atoms with Crippen LogP contribution in [-0.4, -0.2) is 54.3 Å². The van der Waals surface area contributed by atoms with Crippen molar-refractivity contribution in [3.05, 3.63) is 0 Å². The molecule has 0 unspecified atom stereocenters. The monoisotopic (exact) mass is 254 g/mol. The first-order valence-electron chi connectivity index (χ1n) is 4.75. The molecular formula is C7H11FN2O5S. The van der Waals surface area contributed by atoms with Gasteiger partial charge in [0.15, 0.2) is 0 Å². The summed E-state index contributed by atoms with van der Waals surface area (Å²) in [5.41, 5.74) is 0. The van der Waals surface area contributed by atoms with E-state index < -0.39 is 35.2 Å². The lowest BCUT2D eigenvalue weighted by Crippen LogP contribution is -2.41. The Kier molecular flexibility index (Phi) is 2.76. The number of fused-ring (bicyclic) bond motifs is 2. The van der Waals surface area contributed by atoms with Crippen LogP contribution in [0, 0.1) is 0 Å². The number of nitrogens with zero attached hydrogens (tertiary/aromatic N) is 2. The van der Waals surface area contributed by atoms with Crippen LogP contribution in [0.5, 0.6) is 0 Å². The summed E-state index contributed by atoms with van der Waals surface area (Å²) in [6.45, 7) is -0.443. The minimum absolute atomic E-state index is 0.225. The van der Waals surface area contributed by atoms with E-state index in [9.17, 15) is 17.6 Å². The van der Waals surface area contributed by atoms with Crippen molar-refractivity contribution in [1.82, 2.24) is 9.96 Å². The van der Waals surface area contributed by atoms with E-state index in [1.807, 2.05) is 0 Å².